The number of carbonyl (C=O) groups excluding carboxylic acids is 4. The van der Waals surface area contributed by atoms with Crippen molar-refractivity contribution in [2.75, 3.05) is 19.4 Å². The summed E-state index contributed by atoms with van der Waals surface area (Å²) in [5.41, 5.74) is 0. The first-order chi connectivity index (χ1) is 8.45. The van der Waals surface area contributed by atoms with Crippen LogP contribution in [0.2, 0.25) is 0 Å². The highest BCUT2D eigenvalue weighted by Gasteiger charge is 2.39. The number of ether oxygens (including phenoxy) is 1. The predicted octanol–water partition coefficient (Wildman–Crippen LogP) is -0.000800. The normalized spacial score (nSPS) is 18.9. The van der Waals surface area contributed by atoms with E-state index in [0.717, 1.165) is 11.8 Å². The monoisotopic (exact) mass is 273 g/mol. The van der Waals surface area contributed by atoms with Crippen molar-refractivity contribution in [1.82, 2.24) is 4.90 Å². The predicted molar refractivity (Wildman–Crippen MR) is 64.9 cm³/mol. The fourth-order valence-corrected chi connectivity index (χ4v) is 2.29. The molecule has 0 N–H and O–H groups in total. The lowest BCUT2D eigenvalue weighted by Gasteiger charge is -2.21. The Labute approximate surface area is 109 Å². The van der Waals surface area contributed by atoms with Gasteiger partial charge in [-0.2, -0.15) is 0 Å². The van der Waals surface area contributed by atoms with Gasteiger partial charge in [0.05, 0.1) is 13.7 Å². The first-order valence-electron chi connectivity index (χ1n) is 5.48. The smallest absolute Gasteiger partial charge is 0.329 e. The molecular weight excluding hydrogens is 258 g/mol. The zero-order chi connectivity index (χ0) is 13.7. The summed E-state index contributed by atoms with van der Waals surface area (Å²) in [7, 11) is 1.22. The molecule has 0 saturated carbocycles. The van der Waals surface area contributed by atoms with Crippen molar-refractivity contribution in [3.8, 4) is 0 Å². The molecule has 0 aromatic rings. The Morgan fingerprint density at radius 3 is 2.67 bits per heavy atom. The van der Waals surface area contributed by atoms with E-state index >= 15 is 0 Å². The molecule has 1 saturated heterocycles. The van der Waals surface area contributed by atoms with Gasteiger partial charge >= 0.3 is 5.97 Å². The van der Waals surface area contributed by atoms with Gasteiger partial charge in [0.1, 0.15) is 6.04 Å². The number of carbonyl (C=O) groups is 4. The second-order valence-electron chi connectivity index (χ2n) is 3.89. The molecule has 18 heavy (non-hydrogen) atoms. The lowest BCUT2D eigenvalue weighted by molar-refractivity contribution is -0.150. The highest BCUT2D eigenvalue weighted by molar-refractivity contribution is 8.13. The number of thioether (sulfide) groups is 1. The fraction of sp³-hybridized carbons (Fsp3) is 0.636. The third-order valence-corrected chi connectivity index (χ3v) is 3.37. The van der Waals surface area contributed by atoms with Gasteiger partial charge in [-0.1, -0.05) is 11.8 Å². The largest absolute Gasteiger partial charge is 0.467 e. The molecule has 1 aliphatic heterocycles. The first-order valence-corrected chi connectivity index (χ1v) is 6.46. The third kappa shape index (κ3) is 3.83. The topological polar surface area (TPSA) is 80.8 Å². The minimum atomic E-state index is -0.808. The average Bonchev–Trinajstić information content (AvgIpc) is 2.69. The standard InChI is InChI=1S/C11H15NO5S/c1-7(13)18-4-3-10(15)12-6-8(14)5-9(12)11(16)17-2/h9H,3-6H2,1-2H3/t9-/m0/s1. The summed E-state index contributed by atoms with van der Waals surface area (Å²) in [6, 6.07) is -0.808. The van der Waals surface area contributed by atoms with E-state index in [1.165, 1.54) is 18.9 Å². The highest BCUT2D eigenvalue weighted by atomic mass is 32.2. The Morgan fingerprint density at radius 2 is 2.11 bits per heavy atom. The van der Waals surface area contributed by atoms with Gasteiger partial charge in [0.25, 0.3) is 0 Å². The molecule has 0 radical (unpaired) electrons. The number of Topliss-reactive ketones (excluding diaryl/α,β-unsaturated/α-hetero) is 1. The number of hydrogen-bond donors (Lipinski definition) is 0. The zero-order valence-corrected chi connectivity index (χ0v) is 11.1. The Balaban J connectivity index is 2.56. The number of amides is 1. The van der Waals surface area contributed by atoms with Crippen molar-refractivity contribution in [3.05, 3.63) is 0 Å². The first kappa shape index (κ1) is 14.7. The van der Waals surface area contributed by atoms with Crippen LogP contribution in [0.25, 0.3) is 0 Å². The average molecular weight is 273 g/mol. The molecule has 1 atom stereocenters. The minimum absolute atomic E-state index is 0.0122. The van der Waals surface area contributed by atoms with Crippen LogP contribution in [-0.2, 0) is 23.9 Å². The summed E-state index contributed by atoms with van der Waals surface area (Å²) < 4.78 is 4.56. The molecule has 6 nitrogen and oxygen atoms in total. The van der Waals surface area contributed by atoms with Gasteiger partial charge in [-0.25, -0.2) is 4.79 Å². The number of nitrogens with zero attached hydrogens (tertiary/aromatic N) is 1. The minimum Gasteiger partial charge on any atom is -0.467 e. The van der Waals surface area contributed by atoms with E-state index in [0.29, 0.717) is 5.75 Å². The molecule has 0 spiro atoms. The van der Waals surface area contributed by atoms with Crippen molar-refractivity contribution < 1.29 is 23.9 Å². The van der Waals surface area contributed by atoms with Gasteiger partial charge in [0.15, 0.2) is 10.9 Å². The Hall–Kier alpha value is -1.37. The van der Waals surface area contributed by atoms with E-state index in [9.17, 15) is 19.2 Å². The van der Waals surface area contributed by atoms with Crippen molar-refractivity contribution in [2.24, 2.45) is 0 Å². The van der Waals surface area contributed by atoms with Crippen LogP contribution in [0.3, 0.4) is 0 Å². The Bertz CT molecular complexity index is 382. The van der Waals surface area contributed by atoms with E-state index in [1.807, 2.05) is 0 Å². The lowest BCUT2D eigenvalue weighted by atomic mass is 10.2. The maximum Gasteiger partial charge on any atom is 0.329 e. The van der Waals surface area contributed by atoms with E-state index in [1.54, 1.807) is 0 Å². The van der Waals surface area contributed by atoms with Crippen LogP contribution in [0.1, 0.15) is 19.8 Å². The van der Waals surface area contributed by atoms with E-state index in [2.05, 4.69) is 4.74 Å². The van der Waals surface area contributed by atoms with Crippen LogP contribution in [0.15, 0.2) is 0 Å². The maximum absolute atomic E-state index is 11.8. The summed E-state index contributed by atoms with van der Waals surface area (Å²) in [4.78, 5) is 46.5. The number of esters is 1. The number of hydrogen-bond acceptors (Lipinski definition) is 6. The summed E-state index contributed by atoms with van der Waals surface area (Å²) in [5.74, 6) is -0.677. The molecule has 0 aromatic carbocycles. The molecule has 1 rings (SSSR count). The lowest BCUT2D eigenvalue weighted by Crippen LogP contribution is -2.41. The molecule has 100 valence electrons. The summed E-state index contributed by atoms with van der Waals surface area (Å²) in [6.07, 6.45) is 0.142. The van der Waals surface area contributed by atoms with Crippen LogP contribution in [0.4, 0.5) is 0 Å². The van der Waals surface area contributed by atoms with E-state index in [-0.39, 0.29) is 36.2 Å². The second kappa shape index (κ2) is 6.53. The van der Waals surface area contributed by atoms with Crippen LogP contribution < -0.4 is 0 Å². The SMILES string of the molecule is COC(=O)[C@@H]1CC(=O)CN1C(=O)CCSC(C)=O. The molecule has 1 aliphatic rings. The van der Waals surface area contributed by atoms with Crippen molar-refractivity contribution in [3.63, 3.8) is 0 Å². The quantitative estimate of drug-likeness (QED) is 0.671. The summed E-state index contributed by atoms with van der Waals surface area (Å²) in [5, 5.41) is -0.0650. The van der Waals surface area contributed by atoms with Crippen LogP contribution in [0, 0.1) is 0 Å². The van der Waals surface area contributed by atoms with Crippen LogP contribution >= 0.6 is 11.8 Å². The maximum atomic E-state index is 11.8. The number of likely N-dealkylation sites (tertiary alicyclic amines) is 1. The highest BCUT2D eigenvalue weighted by Crippen LogP contribution is 2.18. The molecule has 1 fully saturated rings. The molecule has 1 amide bonds. The Kier molecular flexibility index (Phi) is 5.33. The molecular formula is C11H15NO5S. The van der Waals surface area contributed by atoms with Crippen LogP contribution in [-0.4, -0.2) is 53.1 Å². The third-order valence-electron chi connectivity index (χ3n) is 2.56. The Morgan fingerprint density at radius 1 is 1.44 bits per heavy atom. The van der Waals surface area contributed by atoms with Gasteiger partial charge in [-0.05, 0) is 0 Å². The van der Waals surface area contributed by atoms with Crippen molar-refractivity contribution in [2.45, 2.75) is 25.8 Å². The van der Waals surface area contributed by atoms with Gasteiger partial charge < -0.3 is 9.64 Å². The second-order valence-corrected chi connectivity index (χ2v) is 5.17. The molecule has 7 heteroatoms. The fourth-order valence-electron chi connectivity index (χ4n) is 1.72. The van der Waals surface area contributed by atoms with Crippen molar-refractivity contribution >= 4 is 34.5 Å². The van der Waals surface area contributed by atoms with E-state index < -0.39 is 12.0 Å². The molecule has 0 aliphatic carbocycles. The van der Waals surface area contributed by atoms with Crippen LogP contribution in [0.5, 0.6) is 0 Å². The molecule has 0 unspecified atom stereocenters. The number of methoxy groups -OCH3 is 1. The van der Waals surface area contributed by atoms with Gasteiger partial charge in [-0.3, -0.25) is 14.4 Å². The zero-order valence-electron chi connectivity index (χ0n) is 10.3. The summed E-state index contributed by atoms with van der Waals surface area (Å²) >= 11 is 1.05. The number of rotatable bonds is 4. The van der Waals surface area contributed by atoms with Gasteiger partial charge in [0.2, 0.25) is 5.91 Å². The van der Waals surface area contributed by atoms with Gasteiger partial charge in [0, 0.05) is 25.5 Å². The summed E-state index contributed by atoms with van der Waals surface area (Å²) in [6.45, 7) is 1.37. The molecule has 0 aromatic heterocycles. The van der Waals surface area contributed by atoms with Gasteiger partial charge in [-0.15, -0.1) is 0 Å². The van der Waals surface area contributed by atoms with E-state index in [4.69, 9.17) is 0 Å². The molecule has 1 heterocycles. The van der Waals surface area contributed by atoms with Crippen molar-refractivity contribution in [1.29, 1.82) is 0 Å². The number of ketones is 1. The molecule has 0 bridgehead atoms.